The monoisotopic (exact) mass is 355 g/mol. The van der Waals surface area contributed by atoms with Gasteiger partial charge in [0.1, 0.15) is 5.76 Å². The van der Waals surface area contributed by atoms with Crippen LogP contribution in [0.5, 0.6) is 0 Å². The molecule has 0 saturated carbocycles. The van der Waals surface area contributed by atoms with E-state index in [0.29, 0.717) is 45.0 Å². The number of hydrogen-bond acceptors (Lipinski definition) is 4. The fourth-order valence-electron chi connectivity index (χ4n) is 3.00. The van der Waals surface area contributed by atoms with Crippen molar-refractivity contribution in [1.29, 1.82) is 0 Å². The quantitative estimate of drug-likeness (QED) is 0.860. The van der Waals surface area contributed by atoms with Gasteiger partial charge in [-0.15, -0.1) is 0 Å². The summed E-state index contributed by atoms with van der Waals surface area (Å²) in [4.78, 5) is 28.4. The Hall–Kier alpha value is -2.60. The van der Waals surface area contributed by atoms with Gasteiger partial charge < -0.3 is 14.6 Å². The first-order chi connectivity index (χ1) is 12.7. The molecule has 0 aliphatic carbocycles. The van der Waals surface area contributed by atoms with Crippen LogP contribution < -0.4 is 5.32 Å². The SMILES string of the molecule is CCc1ccc(C(=O)N2CCN(CC(=O)NCc3ccccc3)CC2)o1. The average molecular weight is 355 g/mol. The van der Waals surface area contributed by atoms with E-state index in [1.807, 2.05) is 43.3 Å². The molecule has 3 rings (SSSR count). The Labute approximate surface area is 153 Å². The molecule has 26 heavy (non-hydrogen) atoms. The van der Waals surface area contributed by atoms with Crippen LogP contribution in [-0.4, -0.2) is 54.3 Å². The number of nitrogens with one attached hydrogen (secondary N) is 1. The van der Waals surface area contributed by atoms with E-state index in [1.54, 1.807) is 11.0 Å². The number of rotatable bonds is 6. The zero-order valence-electron chi connectivity index (χ0n) is 15.1. The summed E-state index contributed by atoms with van der Waals surface area (Å²) in [6.07, 6.45) is 0.777. The first-order valence-corrected chi connectivity index (χ1v) is 9.06. The van der Waals surface area contributed by atoms with E-state index in [0.717, 1.165) is 17.7 Å². The molecule has 138 valence electrons. The van der Waals surface area contributed by atoms with Gasteiger partial charge in [-0.1, -0.05) is 37.3 Å². The number of benzene rings is 1. The molecule has 2 amide bonds. The van der Waals surface area contributed by atoms with Gasteiger partial charge in [-0.05, 0) is 17.7 Å². The summed E-state index contributed by atoms with van der Waals surface area (Å²) in [7, 11) is 0. The van der Waals surface area contributed by atoms with Crippen molar-refractivity contribution >= 4 is 11.8 Å². The van der Waals surface area contributed by atoms with E-state index in [2.05, 4.69) is 10.2 Å². The first-order valence-electron chi connectivity index (χ1n) is 9.06. The average Bonchev–Trinajstić information content (AvgIpc) is 3.16. The molecule has 1 fully saturated rings. The van der Waals surface area contributed by atoms with E-state index < -0.39 is 0 Å². The number of hydrogen-bond donors (Lipinski definition) is 1. The Balaban J connectivity index is 1.41. The zero-order valence-corrected chi connectivity index (χ0v) is 15.1. The molecule has 2 aromatic rings. The third-order valence-electron chi connectivity index (χ3n) is 4.58. The predicted molar refractivity (Wildman–Crippen MR) is 98.7 cm³/mol. The predicted octanol–water partition coefficient (Wildman–Crippen LogP) is 1.92. The highest BCUT2D eigenvalue weighted by Gasteiger charge is 2.25. The van der Waals surface area contributed by atoms with Crippen molar-refractivity contribution in [2.24, 2.45) is 0 Å². The molecule has 1 aromatic heterocycles. The van der Waals surface area contributed by atoms with E-state index in [1.165, 1.54) is 0 Å². The van der Waals surface area contributed by atoms with Crippen LogP contribution in [0.3, 0.4) is 0 Å². The van der Waals surface area contributed by atoms with Gasteiger partial charge in [-0.2, -0.15) is 0 Å². The molecule has 1 aliphatic heterocycles. The summed E-state index contributed by atoms with van der Waals surface area (Å²) in [6, 6.07) is 13.4. The van der Waals surface area contributed by atoms with Crippen molar-refractivity contribution in [1.82, 2.24) is 15.1 Å². The van der Waals surface area contributed by atoms with E-state index in [4.69, 9.17) is 4.42 Å². The smallest absolute Gasteiger partial charge is 0.289 e. The molecule has 6 heteroatoms. The number of aryl methyl sites for hydroxylation is 1. The van der Waals surface area contributed by atoms with Crippen molar-refractivity contribution in [2.45, 2.75) is 19.9 Å². The molecule has 0 unspecified atom stereocenters. The summed E-state index contributed by atoms with van der Waals surface area (Å²) in [5.74, 6) is 1.16. The maximum absolute atomic E-state index is 12.5. The summed E-state index contributed by atoms with van der Waals surface area (Å²) in [6.45, 7) is 5.47. The molecule has 1 aromatic carbocycles. The summed E-state index contributed by atoms with van der Waals surface area (Å²) >= 11 is 0. The normalized spacial score (nSPS) is 15.0. The highest BCUT2D eigenvalue weighted by molar-refractivity contribution is 5.91. The minimum atomic E-state index is -0.0714. The number of nitrogens with zero attached hydrogens (tertiary/aromatic N) is 2. The molecular formula is C20H25N3O3. The highest BCUT2D eigenvalue weighted by Crippen LogP contribution is 2.13. The Kier molecular flexibility index (Phi) is 6.07. The van der Waals surface area contributed by atoms with Crippen molar-refractivity contribution in [3.05, 3.63) is 59.5 Å². The lowest BCUT2D eigenvalue weighted by Crippen LogP contribution is -2.51. The van der Waals surface area contributed by atoms with Gasteiger partial charge in [-0.25, -0.2) is 0 Å². The Morgan fingerprint density at radius 1 is 1.04 bits per heavy atom. The van der Waals surface area contributed by atoms with Crippen LogP contribution in [-0.2, 0) is 17.8 Å². The minimum Gasteiger partial charge on any atom is -0.456 e. The molecule has 1 N–H and O–H groups in total. The molecule has 1 aliphatic rings. The molecule has 0 atom stereocenters. The maximum atomic E-state index is 12.5. The van der Waals surface area contributed by atoms with Gasteiger partial charge in [-0.3, -0.25) is 14.5 Å². The molecule has 0 radical (unpaired) electrons. The van der Waals surface area contributed by atoms with Crippen molar-refractivity contribution in [3.63, 3.8) is 0 Å². The van der Waals surface area contributed by atoms with Crippen LogP contribution in [0.15, 0.2) is 46.9 Å². The number of piperazine rings is 1. The third kappa shape index (κ3) is 4.73. The minimum absolute atomic E-state index is 0.00671. The third-order valence-corrected chi connectivity index (χ3v) is 4.58. The van der Waals surface area contributed by atoms with Gasteiger partial charge in [0.15, 0.2) is 5.76 Å². The summed E-state index contributed by atoms with van der Waals surface area (Å²) in [5.41, 5.74) is 1.08. The highest BCUT2D eigenvalue weighted by atomic mass is 16.4. The van der Waals surface area contributed by atoms with E-state index >= 15 is 0 Å². The topological polar surface area (TPSA) is 65.8 Å². The van der Waals surface area contributed by atoms with E-state index in [-0.39, 0.29) is 11.8 Å². The van der Waals surface area contributed by atoms with Crippen LogP contribution >= 0.6 is 0 Å². The fourth-order valence-corrected chi connectivity index (χ4v) is 3.00. The summed E-state index contributed by atoms with van der Waals surface area (Å²) < 4.78 is 5.54. The molecule has 0 spiro atoms. The van der Waals surface area contributed by atoms with Gasteiger partial charge in [0.25, 0.3) is 5.91 Å². The van der Waals surface area contributed by atoms with E-state index in [9.17, 15) is 9.59 Å². The molecule has 2 heterocycles. The molecule has 1 saturated heterocycles. The Morgan fingerprint density at radius 3 is 2.42 bits per heavy atom. The largest absolute Gasteiger partial charge is 0.456 e. The van der Waals surface area contributed by atoms with Crippen molar-refractivity contribution in [3.8, 4) is 0 Å². The number of carbonyl (C=O) groups is 2. The number of carbonyl (C=O) groups excluding carboxylic acids is 2. The molecule has 0 bridgehead atoms. The second kappa shape index (κ2) is 8.67. The Bertz CT molecular complexity index is 734. The van der Waals surface area contributed by atoms with Gasteiger partial charge >= 0.3 is 0 Å². The van der Waals surface area contributed by atoms with Gasteiger partial charge in [0.2, 0.25) is 5.91 Å². The molecular weight excluding hydrogens is 330 g/mol. The lowest BCUT2D eigenvalue weighted by molar-refractivity contribution is -0.122. The second-order valence-corrected chi connectivity index (χ2v) is 6.45. The Morgan fingerprint density at radius 2 is 1.77 bits per heavy atom. The lowest BCUT2D eigenvalue weighted by atomic mass is 10.2. The van der Waals surface area contributed by atoms with Gasteiger partial charge in [0, 0.05) is 39.1 Å². The first kappa shape index (κ1) is 18.2. The fraction of sp³-hybridized carbons (Fsp3) is 0.400. The lowest BCUT2D eigenvalue weighted by Gasteiger charge is -2.33. The van der Waals surface area contributed by atoms with Crippen LogP contribution in [0.25, 0.3) is 0 Å². The van der Waals surface area contributed by atoms with Crippen LogP contribution in [0, 0.1) is 0 Å². The molecule has 6 nitrogen and oxygen atoms in total. The van der Waals surface area contributed by atoms with Crippen LogP contribution in [0.1, 0.15) is 28.8 Å². The van der Waals surface area contributed by atoms with Crippen LogP contribution in [0.2, 0.25) is 0 Å². The standard InChI is InChI=1S/C20H25N3O3/c1-2-17-8-9-18(26-17)20(25)23-12-10-22(11-13-23)15-19(24)21-14-16-6-4-3-5-7-16/h3-9H,2,10-15H2,1H3,(H,21,24). The zero-order chi connectivity index (χ0) is 18.4. The van der Waals surface area contributed by atoms with Crippen molar-refractivity contribution in [2.75, 3.05) is 32.7 Å². The number of furan rings is 1. The number of amides is 2. The van der Waals surface area contributed by atoms with Crippen LogP contribution in [0.4, 0.5) is 0 Å². The van der Waals surface area contributed by atoms with Crippen molar-refractivity contribution < 1.29 is 14.0 Å². The maximum Gasteiger partial charge on any atom is 0.289 e. The second-order valence-electron chi connectivity index (χ2n) is 6.45. The van der Waals surface area contributed by atoms with Gasteiger partial charge in [0.05, 0.1) is 6.54 Å². The summed E-state index contributed by atoms with van der Waals surface area (Å²) in [5, 5.41) is 2.94.